The maximum atomic E-state index is 10.6. The van der Waals surface area contributed by atoms with Crippen molar-refractivity contribution < 1.29 is 23.1 Å². The van der Waals surface area contributed by atoms with Crippen molar-refractivity contribution in [3.8, 4) is 0 Å². The number of carboxylic acid groups (broad SMARTS) is 1. The minimum Gasteiger partial charge on any atom is -0.475 e. The number of likely N-dealkylation sites (N-methyl/N-ethyl adjacent to an activating group) is 1. The van der Waals surface area contributed by atoms with Crippen LogP contribution in [0.5, 0.6) is 0 Å². The fraction of sp³-hybridized carbons (Fsp3) is 0.529. The summed E-state index contributed by atoms with van der Waals surface area (Å²) in [5.41, 5.74) is 1.20. The molecule has 0 unspecified atom stereocenters. The summed E-state index contributed by atoms with van der Waals surface area (Å²) in [6.07, 6.45) is -0.514. The monoisotopic (exact) mass is 415 g/mol. The molecule has 12 heteroatoms. The van der Waals surface area contributed by atoms with Crippen molar-refractivity contribution in [3.63, 3.8) is 0 Å². The van der Waals surface area contributed by atoms with Crippen molar-refractivity contribution in [2.75, 3.05) is 44.4 Å². The zero-order valence-corrected chi connectivity index (χ0v) is 16.4. The van der Waals surface area contributed by atoms with Crippen molar-refractivity contribution in [3.05, 3.63) is 30.1 Å². The number of imidazole rings is 1. The van der Waals surface area contributed by atoms with Crippen LogP contribution in [-0.2, 0) is 24.3 Å². The summed E-state index contributed by atoms with van der Waals surface area (Å²) < 4.78 is 34.1. The molecule has 0 fully saturated rings. The van der Waals surface area contributed by atoms with Gasteiger partial charge in [0.05, 0.1) is 18.4 Å². The van der Waals surface area contributed by atoms with Crippen LogP contribution in [0.25, 0.3) is 0 Å². The second-order valence-corrected chi connectivity index (χ2v) is 6.68. The van der Waals surface area contributed by atoms with Gasteiger partial charge in [0.15, 0.2) is 0 Å². The number of halogens is 3. The van der Waals surface area contributed by atoms with Gasteiger partial charge in [-0.1, -0.05) is 0 Å². The molecular formula is C17H24F3N7O2. The van der Waals surface area contributed by atoms with Crippen molar-refractivity contribution in [1.29, 1.82) is 0 Å². The van der Waals surface area contributed by atoms with E-state index in [1.54, 1.807) is 6.33 Å². The average Bonchev–Trinajstić information content (AvgIpc) is 2.95. The molecule has 2 N–H and O–H groups in total. The van der Waals surface area contributed by atoms with Crippen LogP contribution < -0.4 is 10.2 Å². The number of nitrogens with one attached hydrogen (secondary N) is 1. The van der Waals surface area contributed by atoms with Gasteiger partial charge in [-0.2, -0.15) is 13.2 Å². The Morgan fingerprint density at radius 2 is 1.93 bits per heavy atom. The number of alkyl halides is 3. The number of nitrogens with zero attached hydrogens (tertiary/aromatic N) is 6. The van der Waals surface area contributed by atoms with Crippen molar-refractivity contribution in [2.24, 2.45) is 0 Å². The topological polar surface area (TPSA) is 99.4 Å². The molecule has 0 bridgehead atoms. The van der Waals surface area contributed by atoms with E-state index in [2.05, 4.69) is 36.8 Å². The van der Waals surface area contributed by atoms with Gasteiger partial charge in [0.2, 0.25) is 0 Å². The molecule has 0 amide bonds. The number of rotatable bonds is 4. The summed E-state index contributed by atoms with van der Waals surface area (Å²) in [5, 5.41) is 10.5. The number of anilines is 2. The Morgan fingerprint density at radius 1 is 1.24 bits per heavy atom. The van der Waals surface area contributed by atoms with E-state index in [9.17, 15) is 13.2 Å². The van der Waals surface area contributed by atoms with Crippen molar-refractivity contribution in [1.82, 2.24) is 24.4 Å². The summed E-state index contributed by atoms with van der Waals surface area (Å²) in [6.45, 7) is 3.85. The standard InChI is InChI=1S/C15H23N7.C2HF3O2/c1-20(2)15-8-13(18-11-19-15)16-9-12-10-17-14-4-5-21(3)6-7-22(12)14;3-2(4,5)1(6)7/h8,10-11H,4-7,9H2,1-3H3,(H,16,18,19);(H,6,7). The van der Waals surface area contributed by atoms with E-state index in [-0.39, 0.29) is 0 Å². The molecule has 9 nitrogen and oxygen atoms in total. The molecule has 160 valence electrons. The number of aliphatic carboxylic acids is 1. The minimum absolute atomic E-state index is 0.723. The molecule has 0 saturated heterocycles. The molecular weight excluding hydrogens is 391 g/mol. The fourth-order valence-corrected chi connectivity index (χ4v) is 2.61. The van der Waals surface area contributed by atoms with Crippen LogP contribution in [0.4, 0.5) is 24.8 Å². The molecule has 0 radical (unpaired) electrons. The number of carbonyl (C=O) groups is 1. The molecule has 29 heavy (non-hydrogen) atoms. The Kier molecular flexibility index (Phi) is 7.37. The molecule has 3 rings (SSSR count). The molecule has 3 heterocycles. The summed E-state index contributed by atoms with van der Waals surface area (Å²) in [4.78, 5) is 26.3. The Hall–Kier alpha value is -2.89. The van der Waals surface area contributed by atoms with Crippen LogP contribution in [0.15, 0.2) is 18.6 Å². The Morgan fingerprint density at radius 3 is 2.55 bits per heavy atom. The fourth-order valence-electron chi connectivity index (χ4n) is 2.61. The number of aromatic nitrogens is 4. The highest BCUT2D eigenvalue weighted by Gasteiger charge is 2.38. The van der Waals surface area contributed by atoms with Crippen LogP contribution in [-0.4, -0.2) is 75.9 Å². The van der Waals surface area contributed by atoms with E-state index in [4.69, 9.17) is 9.90 Å². The summed E-state index contributed by atoms with van der Waals surface area (Å²) >= 11 is 0. The first-order chi connectivity index (χ1) is 13.6. The summed E-state index contributed by atoms with van der Waals surface area (Å²) in [7, 11) is 6.10. The van der Waals surface area contributed by atoms with E-state index in [0.717, 1.165) is 44.2 Å². The second-order valence-electron chi connectivity index (χ2n) is 6.68. The molecule has 2 aromatic heterocycles. The largest absolute Gasteiger partial charge is 0.490 e. The molecule has 0 spiro atoms. The summed E-state index contributed by atoms with van der Waals surface area (Å²) in [6, 6.07) is 1.95. The van der Waals surface area contributed by atoms with Gasteiger partial charge in [0.25, 0.3) is 0 Å². The number of hydrogen-bond acceptors (Lipinski definition) is 7. The van der Waals surface area contributed by atoms with Gasteiger partial charge in [-0.05, 0) is 7.05 Å². The van der Waals surface area contributed by atoms with Crippen LogP contribution in [0.1, 0.15) is 11.5 Å². The number of fused-ring (bicyclic) bond motifs is 1. The first kappa shape index (κ1) is 22.4. The van der Waals surface area contributed by atoms with E-state index < -0.39 is 12.1 Å². The Bertz CT molecular complexity index is 824. The lowest BCUT2D eigenvalue weighted by Gasteiger charge is -2.14. The highest BCUT2D eigenvalue weighted by molar-refractivity contribution is 5.73. The third kappa shape index (κ3) is 6.59. The first-order valence-electron chi connectivity index (χ1n) is 8.83. The first-order valence-corrected chi connectivity index (χ1v) is 8.83. The molecule has 0 aliphatic carbocycles. The van der Waals surface area contributed by atoms with E-state index in [1.165, 1.54) is 11.5 Å². The SMILES string of the molecule is CN1CCc2ncc(CNc3cc(N(C)C)ncn3)n2CC1.O=C(O)C(F)(F)F. The zero-order chi connectivity index (χ0) is 21.6. The van der Waals surface area contributed by atoms with Gasteiger partial charge in [-0.3, -0.25) is 0 Å². The Balaban J connectivity index is 0.000000370. The predicted molar refractivity (Wildman–Crippen MR) is 101 cm³/mol. The summed E-state index contributed by atoms with van der Waals surface area (Å²) in [5.74, 6) is 0.150. The number of hydrogen-bond donors (Lipinski definition) is 2. The lowest BCUT2D eigenvalue weighted by Crippen LogP contribution is -2.22. The van der Waals surface area contributed by atoms with Gasteiger partial charge in [0.1, 0.15) is 23.8 Å². The second kappa shape index (κ2) is 9.54. The van der Waals surface area contributed by atoms with Gasteiger partial charge < -0.3 is 24.8 Å². The molecule has 0 atom stereocenters. The lowest BCUT2D eigenvalue weighted by molar-refractivity contribution is -0.192. The van der Waals surface area contributed by atoms with E-state index in [0.29, 0.717) is 0 Å². The smallest absolute Gasteiger partial charge is 0.475 e. The van der Waals surface area contributed by atoms with Gasteiger partial charge >= 0.3 is 12.1 Å². The molecule has 0 aromatic carbocycles. The maximum absolute atomic E-state index is 10.6. The zero-order valence-electron chi connectivity index (χ0n) is 16.4. The molecule has 1 aliphatic rings. The molecule has 1 aliphatic heterocycles. The third-order valence-electron chi connectivity index (χ3n) is 4.25. The Labute approximate surface area is 166 Å². The van der Waals surface area contributed by atoms with Crippen LogP contribution in [0.2, 0.25) is 0 Å². The van der Waals surface area contributed by atoms with Gasteiger partial charge in [-0.15, -0.1) is 0 Å². The highest BCUT2D eigenvalue weighted by Crippen LogP contribution is 2.15. The third-order valence-corrected chi connectivity index (χ3v) is 4.25. The van der Waals surface area contributed by atoms with Crippen molar-refractivity contribution >= 4 is 17.6 Å². The number of carboxylic acids is 1. The normalized spacial score (nSPS) is 14.3. The maximum Gasteiger partial charge on any atom is 0.490 e. The van der Waals surface area contributed by atoms with E-state index >= 15 is 0 Å². The minimum atomic E-state index is -5.08. The molecule has 2 aromatic rings. The lowest BCUT2D eigenvalue weighted by atomic mass is 10.4. The van der Waals surface area contributed by atoms with E-state index in [1.807, 2.05) is 31.3 Å². The van der Waals surface area contributed by atoms with Crippen LogP contribution in [0, 0.1) is 0 Å². The van der Waals surface area contributed by atoms with Gasteiger partial charge in [-0.25, -0.2) is 19.7 Å². The molecule has 0 saturated carbocycles. The predicted octanol–water partition coefficient (Wildman–Crippen LogP) is 1.47. The van der Waals surface area contributed by atoms with Gasteiger partial charge in [0, 0.05) is 46.2 Å². The average molecular weight is 415 g/mol. The highest BCUT2D eigenvalue weighted by atomic mass is 19.4. The van der Waals surface area contributed by atoms with Crippen LogP contribution in [0.3, 0.4) is 0 Å². The van der Waals surface area contributed by atoms with Crippen LogP contribution >= 0.6 is 0 Å². The quantitative estimate of drug-likeness (QED) is 0.775. The van der Waals surface area contributed by atoms with Crippen molar-refractivity contribution in [2.45, 2.75) is 25.7 Å².